The van der Waals surface area contributed by atoms with Gasteiger partial charge in [-0.25, -0.2) is 0 Å². The Hall–Kier alpha value is -0.0900. The van der Waals surface area contributed by atoms with E-state index in [9.17, 15) is 4.79 Å². The van der Waals surface area contributed by atoms with Crippen molar-refractivity contribution in [2.24, 2.45) is 0 Å². The van der Waals surface area contributed by atoms with E-state index in [1.807, 2.05) is 18.9 Å². The van der Waals surface area contributed by atoms with Crippen molar-refractivity contribution in [3.63, 3.8) is 0 Å². The van der Waals surface area contributed by atoms with Crippen LogP contribution in [0.4, 0.5) is 0 Å². The standard InChI is InChI=1S/C11H21BrN2O/c1-4-10(12)11(15)14(3)9-5-7-13(2)8-6-9/h9-10H,4-8H2,1-3H3. The summed E-state index contributed by atoms with van der Waals surface area (Å²) in [4.78, 5) is 16.2. The van der Waals surface area contributed by atoms with Crippen molar-refractivity contribution in [1.82, 2.24) is 9.80 Å². The smallest absolute Gasteiger partial charge is 0.236 e. The van der Waals surface area contributed by atoms with Crippen LogP contribution in [0.15, 0.2) is 0 Å². The maximum atomic E-state index is 11.9. The van der Waals surface area contributed by atoms with Gasteiger partial charge >= 0.3 is 0 Å². The number of alkyl halides is 1. The summed E-state index contributed by atoms with van der Waals surface area (Å²) in [7, 11) is 4.07. The Labute approximate surface area is 101 Å². The van der Waals surface area contributed by atoms with Gasteiger partial charge in [-0.15, -0.1) is 0 Å². The Morgan fingerprint density at radius 2 is 2.07 bits per heavy atom. The molecule has 15 heavy (non-hydrogen) atoms. The molecule has 0 N–H and O–H groups in total. The minimum atomic E-state index is -0.0119. The predicted molar refractivity (Wildman–Crippen MR) is 66.3 cm³/mol. The van der Waals surface area contributed by atoms with E-state index in [1.54, 1.807) is 0 Å². The van der Waals surface area contributed by atoms with Crippen LogP contribution in [0.2, 0.25) is 0 Å². The SMILES string of the molecule is CCC(Br)C(=O)N(C)C1CCN(C)CC1. The second-order valence-corrected chi connectivity index (χ2v) is 5.46. The van der Waals surface area contributed by atoms with E-state index in [0.717, 1.165) is 32.4 Å². The molecule has 0 aromatic rings. The molecule has 0 spiro atoms. The molecule has 4 heteroatoms. The monoisotopic (exact) mass is 276 g/mol. The summed E-state index contributed by atoms with van der Waals surface area (Å²) in [5.41, 5.74) is 0. The van der Waals surface area contributed by atoms with Crippen LogP contribution < -0.4 is 0 Å². The van der Waals surface area contributed by atoms with Gasteiger partial charge in [0.25, 0.3) is 0 Å². The number of piperidine rings is 1. The minimum Gasteiger partial charge on any atom is -0.342 e. The van der Waals surface area contributed by atoms with Crippen LogP contribution in [-0.2, 0) is 4.79 Å². The first-order chi connectivity index (χ1) is 7.06. The highest BCUT2D eigenvalue weighted by molar-refractivity contribution is 9.10. The van der Waals surface area contributed by atoms with Crippen LogP contribution in [-0.4, -0.2) is 53.8 Å². The first-order valence-corrected chi connectivity index (χ1v) is 6.57. The molecule has 1 fully saturated rings. The van der Waals surface area contributed by atoms with Crippen molar-refractivity contribution in [2.45, 2.75) is 37.1 Å². The number of nitrogens with zero attached hydrogens (tertiary/aromatic N) is 2. The van der Waals surface area contributed by atoms with E-state index in [1.165, 1.54) is 0 Å². The summed E-state index contributed by atoms with van der Waals surface area (Å²) in [6, 6.07) is 0.431. The van der Waals surface area contributed by atoms with Crippen molar-refractivity contribution in [1.29, 1.82) is 0 Å². The fourth-order valence-electron chi connectivity index (χ4n) is 1.96. The van der Waals surface area contributed by atoms with Gasteiger partial charge in [-0.1, -0.05) is 22.9 Å². The summed E-state index contributed by atoms with van der Waals surface area (Å²) in [5.74, 6) is 0.229. The number of likely N-dealkylation sites (tertiary alicyclic amines) is 1. The average molecular weight is 277 g/mol. The number of hydrogen-bond donors (Lipinski definition) is 0. The van der Waals surface area contributed by atoms with Crippen LogP contribution in [0, 0.1) is 0 Å². The number of rotatable bonds is 3. The molecule has 1 rings (SSSR count). The lowest BCUT2D eigenvalue weighted by Gasteiger charge is -2.35. The van der Waals surface area contributed by atoms with Gasteiger partial charge < -0.3 is 9.80 Å². The molecule has 1 atom stereocenters. The van der Waals surface area contributed by atoms with E-state index in [-0.39, 0.29) is 10.7 Å². The summed E-state index contributed by atoms with van der Waals surface area (Å²) in [5, 5.41) is 0. The molecule has 1 heterocycles. The summed E-state index contributed by atoms with van der Waals surface area (Å²) >= 11 is 3.42. The number of carbonyl (C=O) groups excluding carboxylic acids is 1. The summed E-state index contributed by atoms with van der Waals surface area (Å²) in [6.45, 7) is 4.22. The quantitative estimate of drug-likeness (QED) is 0.733. The maximum absolute atomic E-state index is 11.9. The van der Waals surface area contributed by atoms with Gasteiger partial charge in [0.1, 0.15) is 0 Å². The third-order valence-corrected chi connectivity index (χ3v) is 4.25. The number of halogens is 1. The largest absolute Gasteiger partial charge is 0.342 e. The number of carbonyl (C=O) groups is 1. The lowest BCUT2D eigenvalue weighted by molar-refractivity contribution is -0.132. The Morgan fingerprint density at radius 3 is 2.53 bits per heavy atom. The fourth-order valence-corrected chi connectivity index (χ4v) is 2.28. The normalized spacial score (nSPS) is 21.3. The minimum absolute atomic E-state index is 0.0119. The average Bonchev–Trinajstić information content (AvgIpc) is 2.27. The fraction of sp³-hybridized carbons (Fsp3) is 0.909. The Balaban J connectivity index is 2.46. The van der Waals surface area contributed by atoms with Gasteiger partial charge in [-0.05, 0) is 39.4 Å². The lowest BCUT2D eigenvalue weighted by atomic mass is 10.0. The molecule has 1 aliphatic heterocycles. The van der Waals surface area contributed by atoms with Crippen LogP contribution in [0.1, 0.15) is 26.2 Å². The van der Waals surface area contributed by atoms with E-state index in [4.69, 9.17) is 0 Å². The molecule has 0 saturated carbocycles. The Bertz CT molecular complexity index is 215. The van der Waals surface area contributed by atoms with Gasteiger partial charge in [0.2, 0.25) is 5.91 Å². The molecule has 3 nitrogen and oxygen atoms in total. The zero-order valence-electron chi connectivity index (χ0n) is 9.87. The van der Waals surface area contributed by atoms with Crippen LogP contribution >= 0.6 is 15.9 Å². The molecule has 0 radical (unpaired) electrons. The molecular formula is C11H21BrN2O. The molecule has 1 amide bonds. The van der Waals surface area contributed by atoms with E-state index in [0.29, 0.717) is 6.04 Å². The van der Waals surface area contributed by atoms with Gasteiger partial charge in [0.05, 0.1) is 4.83 Å². The van der Waals surface area contributed by atoms with Gasteiger partial charge in [-0.2, -0.15) is 0 Å². The molecule has 1 unspecified atom stereocenters. The van der Waals surface area contributed by atoms with Gasteiger partial charge in [-0.3, -0.25) is 4.79 Å². The summed E-state index contributed by atoms with van der Waals surface area (Å²) < 4.78 is 0. The molecule has 1 saturated heterocycles. The van der Waals surface area contributed by atoms with Crippen molar-refractivity contribution in [3.05, 3.63) is 0 Å². The highest BCUT2D eigenvalue weighted by Crippen LogP contribution is 2.17. The van der Waals surface area contributed by atoms with Crippen molar-refractivity contribution < 1.29 is 4.79 Å². The van der Waals surface area contributed by atoms with E-state index >= 15 is 0 Å². The van der Waals surface area contributed by atoms with Gasteiger partial charge in [0.15, 0.2) is 0 Å². The maximum Gasteiger partial charge on any atom is 0.236 e. The van der Waals surface area contributed by atoms with E-state index in [2.05, 4.69) is 27.9 Å². The van der Waals surface area contributed by atoms with E-state index < -0.39 is 0 Å². The second kappa shape index (κ2) is 5.85. The van der Waals surface area contributed by atoms with Crippen molar-refractivity contribution >= 4 is 21.8 Å². The first-order valence-electron chi connectivity index (χ1n) is 5.65. The highest BCUT2D eigenvalue weighted by Gasteiger charge is 2.26. The highest BCUT2D eigenvalue weighted by atomic mass is 79.9. The molecule has 0 aliphatic carbocycles. The Morgan fingerprint density at radius 1 is 1.53 bits per heavy atom. The Kier molecular flexibility index (Phi) is 5.06. The van der Waals surface area contributed by atoms with Gasteiger partial charge in [0, 0.05) is 13.1 Å². The summed E-state index contributed by atoms with van der Waals surface area (Å²) in [6.07, 6.45) is 3.06. The zero-order chi connectivity index (χ0) is 11.4. The molecule has 0 aromatic heterocycles. The zero-order valence-corrected chi connectivity index (χ0v) is 11.5. The third-order valence-electron chi connectivity index (χ3n) is 3.21. The van der Waals surface area contributed by atoms with Crippen LogP contribution in [0.3, 0.4) is 0 Å². The molecule has 1 aliphatic rings. The second-order valence-electron chi connectivity index (χ2n) is 4.36. The lowest BCUT2D eigenvalue weighted by Crippen LogP contribution is -2.46. The topological polar surface area (TPSA) is 23.6 Å². The van der Waals surface area contributed by atoms with Crippen molar-refractivity contribution in [2.75, 3.05) is 27.2 Å². The van der Waals surface area contributed by atoms with Crippen LogP contribution in [0.25, 0.3) is 0 Å². The van der Waals surface area contributed by atoms with Crippen molar-refractivity contribution in [3.8, 4) is 0 Å². The molecule has 0 aromatic carbocycles. The predicted octanol–water partition coefficient (Wildman–Crippen LogP) is 1.71. The molecular weight excluding hydrogens is 256 g/mol. The molecule has 0 bridgehead atoms. The molecule has 88 valence electrons. The number of hydrogen-bond acceptors (Lipinski definition) is 2. The van der Waals surface area contributed by atoms with Crippen LogP contribution in [0.5, 0.6) is 0 Å². The first kappa shape index (κ1) is 13.0. The third kappa shape index (κ3) is 3.45. The number of amides is 1.